The molecule has 0 aromatic heterocycles. The number of hydrogen-bond donors (Lipinski definition) is 0. The summed E-state index contributed by atoms with van der Waals surface area (Å²) in [4.78, 5) is 11.9. The zero-order chi connectivity index (χ0) is 14.2. The number of rotatable bonds is 9. The van der Waals surface area contributed by atoms with Crippen molar-refractivity contribution in [2.45, 2.75) is 53.4 Å². The van der Waals surface area contributed by atoms with Gasteiger partial charge in [-0.25, -0.2) is 0 Å². The minimum absolute atomic E-state index is 0.0227. The molecule has 0 saturated carbocycles. The Morgan fingerprint density at radius 2 is 2.00 bits per heavy atom. The van der Waals surface area contributed by atoms with E-state index in [1.54, 1.807) is 6.08 Å². The monoisotopic (exact) mass is 248 g/mol. The molecule has 102 valence electrons. The summed E-state index contributed by atoms with van der Waals surface area (Å²) >= 11 is 0. The molecule has 0 spiro atoms. The fraction of sp³-hybridized carbons (Fsp3) is 0.588. The van der Waals surface area contributed by atoms with Gasteiger partial charge in [0.15, 0.2) is 5.78 Å². The van der Waals surface area contributed by atoms with Crippen molar-refractivity contribution in [2.24, 2.45) is 11.3 Å². The third kappa shape index (κ3) is 8.05. The van der Waals surface area contributed by atoms with Crippen LogP contribution in [0.5, 0.6) is 0 Å². The van der Waals surface area contributed by atoms with E-state index >= 15 is 0 Å². The van der Waals surface area contributed by atoms with Crippen LogP contribution in [-0.2, 0) is 4.79 Å². The molecule has 0 amide bonds. The Hall–Kier alpha value is -1.11. The lowest BCUT2D eigenvalue weighted by molar-refractivity contribution is -0.118. The first kappa shape index (κ1) is 16.9. The van der Waals surface area contributed by atoms with Crippen molar-refractivity contribution in [3.8, 4) is 0 Å². The van der Waals surface area contributed by atoms with Gasteiger partial charge in [0.1, 0.15) is 0 Å². The third-order valence-corrected chi connectivity index (χ3v) is 3.10. The third-order valence-electron chi connectivity index (χ3n) is 3.10. The van der Waals surface area contributed by atoms with Gasteiger partial charge in [0.05, 0.1) is 0 Å². The van der Waals surface area contributed by atoms with Crippen molar-refractivity contribution in [3.05, 3.63) is 37.0 Å². The molecular weight excluding hydrogens is 220 g/mol. The first-order valence-corrected chi connectivity index (χ1v) is 6.77. The lowest BCUT2D eigenvalue weighted by atomic mass is 9.87. The predicted molar refractivity (Wildman–Crippen MR) is 80.6 cm³/mol. The first-order valence-electron chi connectivity index (χ1n) is 6.77. The normalized spacial score (nSPS) is 13.6. The van der Waals surface area contributed by atoms with Gasteiger partial charge >= 0.3 is 0 Å². The summed E-state index contributed by atoms with van der Waals surface area (Å²) in [5.41, 5.74) is 1.21. The van der Waals surface area contributed by atoms with Gasteiger partial charge in [0.25, 0.3) is 0 Å². The van der Waals surface area contributed by atoms with E-state index in [0.29, 0.717) is 0 Å². The van der Waals surface area contributed by atoms with Crippen LogP contribution in [-0.4, -0.2) is 5.78 Å². The molecular formula is C17H28O. The topological polar surface area (TPSA) is 17.1 Å². The molecule has 0 aliphatic carbocycles. The quantitative estimate of drug-likeness (QED) is 0.410. The van der Waals surface area contributed by atoms with Crippen molar-refractivity contribution in [1.29, 1.82) is 0 Å². The zero-order valence-corrected chi connectivity index (χ0v) is 12.5. The Balaban J connectivity index is 4.18. The average Bonchev–Trinajstić information content (AvgIpc) is 2.25. The molecule has 18 heavy (non-hydrogen) atoms. The molecule has 0 aromatic carbocycles. The fourth-order valence-corrected chi connectivity index (χ4v) is 1.76. The van der Waals surface area contributed by atoms with Gasteiger partial charge in [-0.05, 0) is 44.1 Å². The highest BCUT2D eigenvalue weighted by atomic mass is 16.1. The molecule has 0 aromatic rings. The minimum Gasteiger partial charge on any atom is -0.295 e. The van der Waals surface area contributed by atoms with E-state index in [1.165, 1.54) is 5.57 Å². The molecule has 0 saturated heterocycles. The van der Waals surface area contributed by atoms with Crippen LogP contribution < -0.4 is 0 Å². The molecule has 0 radical (unpaired) electrons. The predicted octanol–water partition coefficient (Wildman–Crippen LogP) is 5.10. The van der Waals surface area contributed by atoms with Gasteiger partial charge in [-0.15, -0.1) is 13.2 Å². The maximum absolute atomic E-state index is 11.9. The SMILES string of the molecule is C=CCC(C)(C)/C=C/C(=O)C(C)CCCC(=C)C. The van der Waals surface area contributed by atoms with Gasteiger partial charge in [-0.3, -0.25) is 4.79 Å². The number of carbonyl (C=O) groups is 1. The van der Waals surface area contributed by atoms with Crippen LogP contribution in [0, 0.1) is 11.3 Å². The molecule has 0 aliphatic heterocycles. The van der Waals surface area contributed by atoms with E-state index in [1.807, 2.05) is 26.0 Å². The van der Waals surface area contributed by atoms with E-state index in [0.717, 1.165) is 25.7 Å². The highest BCUT2D eigenvalue weighted by Gasteiger charge is 2.14. The standard InChI is InChI=1S/C17H28O/c1-7-12-17(5,6)13-11-16(18)15(4)10-8-9-14(2)3/h7,11,13,15H,1-2,8-10,12H2,3-6H3/b13-11+. The van der Waals surface area contributed by atoms with Crippen LogP contribution in [0.2, 0.25) is 0 Å². The van der Waals surface area contributed by atoms with Gasteiger partial charge in [-0.2, -0.15) is 0 Å². The molecule has 1 nitrogen and oxygen atoms in total. The summed E-state index contributed by atoms with van der Waals surface area (Å²) in [6, 6.07) is 0. The van der Waals surface area contributed by atoms with Crippen LogP contribution in [0.1, 0.15) is 53.4 Å². The highest BCUT2D eigenvalue weighted by Crippen LogP contribution is 2.23. The van der Waals surface area contributed by atoms with Crippen molar-refractivity contribution >= 4 is 5.78 Å². The van der Waals surface area contributed by atoms with Crippen molar-refractivity contribution in [3.63, 3.8) is 0 Å². The van der Waals surface area contributed by atoms with E-state index in [-0.39, 0.29) is 17.1 Å². The summed E-state index contributed by atoms with van der Waals surface area (Å²) in [5.74, 6) is 0.342. The summed E-state index contributed by atoms with van der Waals surface area (Å²) in [5, 5.41) is 0. The van der Waals surface area contributed by atoms with E-state index in [9.17, 15) is 4.79 Å². The summed E-state index contributed by atoms with van der Waals surface area (Å²) in [7, 11) is 0. The second-order valence-corrected chi connectivity index (χ2v) is 5.97. The lowest BCUT2D eigenvalue weighted by Gasteiger charge is -2.17. The fourth-order valence-electron chi connectivity index (χ4n) is 1.76. The van der Waals surface area contributed by atoms with Crippen LogP contribution in [0.15, 0.2) is 37.0 Å². The Labute approximate surface area is 113 Å². The summed E-state index contributed by atoms with van der Waals surface area (Å²) in [6.07, 6.45) is 9.54. The first-order chi connectivity index (χ1) is 8.28. The lowest BCUT2D eigenvalue weighted by Crippen LogP contribution is -2.11. The van der Waals surface area contributed by atoms with Crippen LogP contribution in [0.3, 0.4) is 0 Å². The van der Waals surface area contributed by atoms with Gasteiger partial charge in [0.2, 0.25) is 0 Å². The maximum atomic E-state index is 11.9. The second kappa shape index (κ2) is 8.07. The Kier molecular flexibility index (Phi) is 7.58. The molecule has 0 heterocycles. The molecule has 0 fully saturated rings. The molecule has 0 aliphatic rings. The zero-order valence-electron chi connectivity index (χ0n) is 12.5. The molecule has 0 rings (SSSR count). The summed E-state index contributed by atoms with van der Waals surface area (Å²) in [6.45, 7) is 15.9. The largest absolute Gasteiger partial charge is 0.295 e. The number of hydrogen-bond acceptors (Lipinski definition) is 1. The van der Waals surface area contributed by atoms with E-state index in [2.05, 4.69) is 27.0 Å². The maximum Gasteiger partial charge on any atom is 0.158 e. The molecule has 1 unspecified atom stereocenters. The highest BCUT2D eigenvalue weighted by molar-refractivity contribution is 5.91. The Morgan fingerprint density at radius 1 is 1.39 bits per heavy atom. The van der Waals surface area contributed by atoms with Crippen LogP contribution in [0.4, 0.5) is 0 Å². The van der Waals surface area contributed by atoms with Crippen molar-refractivity contribution in [2.75, 3.05) is 0 Å². The molecule has 1 atom stereocenters. The minimum atomic E-state index is 0.0227. The number of ketones is 1. The van der Waals surface area contributed by atoms with Gasteiger partial charge < -0.3 is 0 Å². The smallest absolute Gasteiger partial charge is 0.158 e. The average molecular weight is 248 g/mol. The van der Waals surface area contributed by atoms with Crippen molar-refractivity contribution < 1.29 is 4.79 Å². The Bertz CT molecular complexity index is 321. The summed E-state index contributed by atoms with van der Waals surface area (Å²) < 4.78 is 0. The number of allylic oxidation sites excluding steroid dienone is 4. The van der Waals surface area contributed by atoms with Crippen molar-refractivity contribution in [1.82, 2.24) is 0 Å². The van der Waals surface area contributed by atoms with Gasteiger partial charge in [-0.1, -0.05) is 38.5 Å². The van der Waals surface area contributed by atoms with E-state index in [4.69, 9.17) is 0 Å². The molecule has 0 bridgehead atoms. The number of carbonyl (C=O) groups excluding carboxylic acids is 1. The van der Waals surface area contributed by atoms with Crippen LogP contribution >= 0.6 is 0 Å². The van der Waals surface area contributed by atoms with Crippen LogP contribution in [0.25, 0.3) is 0 Å². The molecule has 1 heteroatoms. The molecule has 0 N–H and O–H groups in total. The van der Waals surface area contributed by atoms with E-state index < -0.39 is 0 Å². The second-order valence-electron chi connectivity index (χ2n) is 5.97. The van der Waals surface area contributed by atoms with Gasteiger partial charge in [0, 0.05) is 5.92 Å². The Morgan fingerprint density at radius 3 is 2.50 bits per heavy atom.